The van der Waals surface area contributed by atoms with Crippen LogP contribution >= 0.6 is 0 Å². The molecule has 0 radical (unpaired) electrons. The lowest BCUT2D eigenvalue weighted by atomic mass is 9.84. The van der Waals surface area contributed by atoms with E-state index < -0.39 is 0 Å². The van der Waals surface area contributed by atoms with Crippen molar-refractivity contribution in [2.45, 2.75) is 58.5 Å². The highest BCUT2D eigenvalue weighted by molar-refractivity contribution is 6.04. The Morgan fingerprint density at radius 3 is 2.59 bits per heavy atom. The minimum absolute atomic E-state index is 0.0437. The number of benzene rings is 1. The maximum absolute atomic E-state index is 12.7. The Kier molecular flexibility index (Phi) is 4.19. The molecule has 0 bridgehead atoms. The third-order valence-corrected chi connectivity index (χ3v) is 5.01. The Labute approximate surface area is 131 Å². The number of rotatable bonds is 3. The second-order valence-corrected chi connectivity index (χ2v) is 6.68. The predicted octanol–water partition coefficient (Wildman–Crippen LogP) is 3.30. The van der Waals surface area contributed by atoms with Crippen LogP contribution in [-0.2, 0) is 11.3 Å². The first kappa shape index (κ1) is 15.1. The van der Waals surface area contributed by atoms with E-state index in [0.717, 1.165) is 29.5 Å². The quantitative estimate of drug-likeness (QED) is 0.871. The second kappa shape index (κ2) is 6.11. The lowest BCUT2D eigenvalue weighted by Gasteiger charge is -2.25. The van der Waals surface area contributed by atoms with E-state index in [4.69, 9.17) is 0 Å². The Morgan fingerprint density at radius 1 is 1.14 bits per heavy atom. The van der Waals surface area contributed by atoms with Crippen molar-refractivity contribution < 1.29 is 9.59 Å². The van der Waals surface area contributed by atoms with Crippen LogP contribution in [0.3, 0.4) is 0 Å². The van der Waals surface area contributed by atoms with Gasteiger partial charge in [0, 0.05) is 0 Å². The molecule has 1 aliphatic heterocycles. The van der Waals surface area contributed by atoms with E-state index in [1.165, 1.54) is 24.2 Å². The standard InChI is InChI=1S/C18H24N2O2/c1-12-8-9-13(2)15(10-12)11-20-17(21)16(19-18(20)22)14-6-4-3-5-7-14/h8-10,14,16H,3-7,11H2,1-2H3,(H,19,22)/t16-/m1/s1. The van der Waals surface area contributed by atoms with Crippen LogP contribution in [-0.4, -0.2) is 22.9 Å². The largest absolute Gasteiger partial charge is 0.326 e. The number of imide groups is 1. The molecule has 3 rings (SSSR count). The smallest absolute Gasteiger partial charge is 0.325 e. The molecular weight excluding hydrogens is 276 g/mol. The first-order valence-corrected chi connectivity index (χ1v) is 8.24. The van der Waals surface area contributed by atoms with Gasteiger partial charge in [0.15, 0.2) is 0 Å². The van der Waals surface area contributed by atoms with Crippen LogP contribution in [0.2, 0.25) is 0 Å². The van der Waals surface area contributed by atoms with Crippen molar-refractivity contribution in [1.82, 2.24) is 10.2 Å². The zero-order valence-electron chi connectivity index (χ0n) is 13.4. The van der Waals surface area contributed by atoms with Gasteiger partial charge in [-0.1, -0.05) is 43.0 Å². The molecular formula is C18H24N2O2. The minimum atomic E-state index is -0.307. The molecule has 4 heteroatoms. The summed E-state index contributed by atoms with van der Waals surface area (Å²) in [5.41, 5.74) is 3.32. The van der Waals surface area contributed by atoms with Gasteiger partial charge in [-0.2, -0.15) is 0 Å². The zero-order valence-corrected chi connectivity index (χ0v) is 13.4. The zero-order chi connectivity index (χ0) is 15.7. The number of aryl methyl sites for hydroxylation is 2. The number of carbonyl (C=O) groups is 2. The van der Waals surface area contributed by atoms with E-state index in [-0.39, 0.29) is 18.0 Å². The average molecular weight is 300 g/mol. The molecule has 22 heavy (non-hydrogen) atoms. The first-order chi connectivity index (χ1) is 10.6. The molecule has 1 aromatic carbocycles. The van der Waals surface area contributed by atoms with Crippen molar-refractivity contribution in [3.8, 4) is 0 Å². The summed E-state index contributed by atoms with van der Waals surface area (Å²) in [5, 5.41) is 2.92. The normalized spacial score (nSPS) is 23.0. The Bertz CT molecular complexity index is 591. The van der Waals surface area contributed by atoms with Crippen molar-refractivity contribution in [2.75, 3.05) is 0 Å². The van der Waals surface area contributed by atoms with Crippen LogP contribution in [0.4, 0.5) is 4.79 Å². The molecule has 1 heterocycles. The number of amides is 3. The van der Waals surface area contributed by atoms with Gasteiger partial charge in [0.2, 0.25) is 0 Å². The van der Waals surface area contributed by atoms with E-state index in [2.05, 4.69) is 17.4 Å². The molecule has 0 spiro atoms. The van der Waals surface area contributed by atoms with E-state index in [0.29, 0.717) is 12.5 Å². The molecule has 2 fully saturated rings. The van der Waals surface area contributed by atoms with Gasteiger partial charge in [-0.15, -0.1) is 0 Å². The van der Waals surface area contributed by atoms with Crippen LogP contribution in [0, 0.1) is 19.8 Å². The summed E-state index contributed by atoms with van der Waals surface area (Å²) in [7, 11) is 0. The Balaban J connectivity index is 1.75. The number of urea groups is 1. The number of hydrogen-bond acceptors (Lipinski definition) is 2. The Morgan fingerprint density at radius 2 is 1.86 bits per heavy atom. The van der Waals surface area contributed by atoms with E-state index >= 15 is 0 Å². The molecule has 0 aromatic heterocycles. The van der Waals surface area contributed by atoms with Crippen LogP contribution < -0.4 is 5.32 Å². The summed E-state index contributed by atoms with van der Waals surface area (Å²) in [4.78, 5) is 26.3. The Hall–Kier alpha value is -1.84. The minimum Gasteiger partial charge on any atom is -0.326 e. The maximum atomic E-state index is 12.7. The molecule has 4 nitrogen and oxygen atoms in total. The predicted molar refractivity (Wildman–Crippen MR) is 85.4 cm³/mol. The van der Waals surface area contributed by atoms with Crippen LogP contribution in [0.25, 0.3) is 0 Å². The summed E-state index contributed by atoms with van der Waals surface area (Å²) >= 11 is 0. The summed E-state index contributed by atoms with van der Waals surface area (Å²) < 4.78 is 0. The van der Waals surface area contributed by atoms with Gasteiger partial charge < -0.3 is 5.32 Å². The number of nitrogens with zero attached hydrogens (tertiary/aromatic N) is 1. The molecule has 1 N–H and O–H groups in total. The number of nitrogens with one attached hydrogen (secondary N) is 1. The average Bonchev–Trinajstić information content (AvgIpc) is 2.80. The van der Waals surface area contributed by atoms with Crippen LogP contribution in [0.5, 0.6) is 0 Å². The molecule has 3 amide bonds. The highest BCUT2D eigenvalue weighted by Crippen LogP contribution is 2.30. The van der Waals surface area contributed by atoms with Crippen molar-refractivity contribution in [3.05, 3.63) is 34.9 Å². The highest BCUT2D eigenvalue weighted by Gasteiger charge is 2.42. The molecule has 1 atom stereocenters. The molecule has 2 aliphatic rings. The fraction of sp³-hybridized carbons (Fsp3) is 0.556. The van der Waals surface area contributed by atoms with Gasteiger partial charge in [0.1, 0.15) is 6.04 Å². The SMILES string of the molecule is Cc1ccc(C)c(CN2C(=O)N[C@H](C3CCCCC3)C2=O)c1. The highest BCUT2D eigenvalue weighted by atomic mass is 16.2. The van der Waals surface area contributed by atoms with Gasteiger partial charge in [0.25, 0.3) is 5.91 Å². The van der Waals surface area contributed by atoms with Crippen LogP contribution in [0.15, 0.2) is 18.2 Å². The van der Waals surface area contributed by atoms with Crippen LogP contribution in [0.1, 0.15) is 48.8 Å². The van der Waals surface area contributed by atoms with E-state index in [9.17, 15) is 9.59 Å². The first-order valence-electron chi connectivity index (χ1n) is 8.24. The number of carbonyl (C=O) groups excluding carboxylic acids is 2. The molecule has 1 aromatic rings. The van der Waals surface area contributed by atoms with Gasteiger partial charge in [-0.25, -0.2) is 4.79 Å². The molecule has 1 saturated heterocycles. The molecule has 1 aliphatic carbocycles. The summed E-state index contributed by atoms with van der Waals surface area (Å²) in [6.45, 7) is 4.42. The molecule has 118 valence electrons. The van der Waals surface area contributed by atoms with Gasteiger partial charge in [-0.3, -0.25) is 9.69 Å². The van der Waals surface area contributed by atoms with E-state index in [1.807, 2.05) is 19.9 Å². The van der Waals surface area contributed by atoms with E-state index in [1.54, 1.807) is 0 Å². The third kappa shape index (κ3) is 2.87. The number of hydrogen-bond donors (Lipinski definition) is 1. The summed E-state index contributed by atoms with van der Waals surface area (Å²) in [6.07, 6.45) is 5.68. The maximum Gasteiger partial charge on any atom is 0.325 e. The molecule has 1 saturated carbocycles. The monoisotopic (exact) mass is 300 g/mol. The topological polar surface area (TPSA) is 49.4 Å². The third-order valence-electron chi connectivity index (χ3n) is 5.01. The fourth-order valence-electron chi connectivity index (χ4n) is 3.62. The molecule has 0 unspecified atom stereocenters. The van der Waals surface area contributed by atoms with Crippen molar-refractivity contribution in [2.24, 2.45) is 5.92 Å². The van der Waals surface area contributed by atoms with Gasteiger partial charge in [-0.05, 0) is 43.7 Å². The van der Waals surface area contributed by atoms with Crippen molar-refractivity contribution >= 4 is 11.9 Å². The lowest BCUT2D eigenvalue weighted by molar-refractivity contribution is -0.129. The second-order valence-electron chi connectivity index (χ2n) is 6.68. The fourth-order valence-corrected chi connectivity index (χ4v) is 3.62. The lowest BCUT2D eigenvalue weighted by Crippen LogP contribution is -2.38. The van der Waals surface area contributed by atoms with Gasteiger partial charge >= 0.3 is 6.03 Å². The van der Waals surface area contributed by atoms with Gasteiger partial charge in [0.05, 0.1) is 6.54 Å². The van der Waals surface area contributed by atoms with Crippen molar-refractivity contribution in [1.29, 1.82) is 0 Å². The van der Waals surface area contributed by atoms with Crippen molar-refractivity contribution in [3.63, 3.8) is 0 Å². The summed E-state index contributed by atoms with van der Waals surface area (Å²) in [6, 6.07) is 5.61. The summed E-state index contributed by atoms with van der Waals surface area (Å²) in [5.74, 6) is 0.270.